The summed E-state index contributed by atoms with van der Waals surface area (Å²) < 4.78 is 0. The Bertz CT molecular complexity index is 121. The van der Waals surface area contributed by atoms with Gasteiger partial charge in [-0.05, 0) is 0 Å². The van der Waals surface area contributed by atoms with Crippen LogP contribution in [0.5, 0.6) is 0 Å². The van der Waals surface area contributed by atoms with Crippen LogP contribution >= 0.6 is 0 Å². The maximum absolute atomic E-state index is 8.87. The first-order valence-corrected chi connectivity index (χ1v) is 1.94. The van der Waals surface area contributed by atoms with Crippen LogP contribution < -0.4 is 4.85 Å². The first kappa shape index (κ1) is 9.83. The molecule has 4 heteroatoms. The van der Waals surface area contributed by atoms with Crippen molar-refractivity contribution in [2.24, 2.45) is 0 Å². The van der Waals surface area contributed by atoms with Gasteiger partial charge in [0.15, 0.2) is 4.91 Å². The van der Waals surface area contributed by atoms with E-state index >= 15 is 0 Å². The fourth-order valence-electron chi connectivity index (χ4n) is 0. The van der Waals surface area contributed by atoms with Gasteiger partial charge in [0.2, 0.25) is 9.86 Å². The zero-order valence-corrected chi connectivity index (χ0v) is 4.83. The summed E-state index contributed by atoms with van der Waals surface area (Å²) in [5, 5.41) is 9.88. The van der Waals surface area contributed by atoms with Crippen LogP contribution in [0.1, 0.15) is 13.8 Å². The Morgan fingerprint density at radius 3 is 2.00 bits per heavy atom. The maximum atomic E-state index is 8.87. The molecule has 0 saturated carbocycles. The van der Waals surface area contributed by atoms with E-state index in [2.05, 4.69) is 15.9 Å². The van der Waals surface area contributed by atoms with Gasteiger partial charge in [-0.3, -0.25) is 0 Å². The lowest BCUT2D eigenvalue weighted by molar-refractivity contribution is 0.464. The molecule has 4 nitrogen and oxygen atoms in total. The summed E-state index contributed by atoms with van der Waals surface area (Å²) in [6.45, 7) is 3.09. The Balaban J connectivity index is 0. The normalized spacial score (nSPS) is 3.75. The van der Waals surface area contributed by atoms with Crippen molar-refractivity contribution < 1.29 is 5.21 Å². The third-order valence-corrected chi connectivity index (χ3v) is 0.205. The van der Waals surface area contributed by atoms with Crippen molar-refractivity contribution in [2.75, 3.05) is 0 Å². The molecular weight excluding hydrogens is 108 g/mol. The molecule has 0 aromatic rings. The van der Waals surface area contributed by atoms with Crippen LogP contribution in [0.3, 0.4) is 0 Å². The summed E-state index contributed by atoms with van der Waals surface area (Å²) in [5.41, 5.74) is 0. The minimum absolute atomic E-state index is 1.19. The third kappa shape index (κ3) is 140. The van der Waals surface area contributed by atoms with Gasteiger partial charge in [-0.25, -0.2) is 0 Å². The highest BCUT2D eigenvalue weighted by molar-refractivity contribution is 5.50. The summed E-state index contributed by atoms with van der Waals surface area (Å²) in [7, 11) is 0. The lowest BCUT2D eigenvalue weighted by Gasteiger charge is -1.20. The van der Waals surface area contributed by atoms with Gasteiger partial charge in [-0.15, -0.1) is 0 Å². The van der Waals surface area contributed by atoms with Gasteiger partial charge in [0, 0.05) is 6.92 Å². The SMILES string of the molecule is CC#[N+]O.CC=[N+]=O. The fourth-order valence-corrected chi connectivity index (χ4v) is 0. The van der Waals surface area contributed by atoms with Crippen LogP contribution in [-0.4, -0.2) is 11.4 Å². The molecule has 0 radical (unpaired) electrons. The Labute approximate surface area is 47.2 Å². The van der Waals surface area contributed by atoms with Crippen LogP contribution in [0, 0.1) is 11.0 Å². The topological polar surface area (TPSA) is 55.8 Å². The molecule has 0 atom stereocenters. The van der Waals surface area contributed by atoms with Crippen molar-refractivity contribution in [2.45, 2.75) is 13.8 Å². The molecule has 1 N–H and O–H groups in total. The predicted octanol–water partition coefficient (Wildman–Crippen LogP) is 0.639. The van der Waals surface area contributed by atoms with Crippen molar-refractivity contribution in [3.8, 4) is 6.07 Å². The van der Waals surface area contributed by atoms with Gasteiger partial charge < -0.3 is 0 Å². The molecule has 0 aliphatic heterocycles. The average Bonchev–Trinajstić information content (AvgIpc) is 1.88. The predicted molar refractivity (Wildman–Crippen MR) is 31.9 cm³/mol. The molecule has 0 heterocycles. The minimum Gasteiger partial charge on any atom is -0.177 e. The molecule has 0 aliphatic carbocycles. The first-order valence-electron chi connectivity index (χ1n) is 1.94. The minimum atomic E-state index is 1.19. The number of hydrogen-bond donors (Lipinski definition) is 1. The van der Waals surface area contributed by atoms with Crippen molar-refractivity contribution in [1.82, 2.24) is 4.85 Å². The summed E-state index contributed by atoms with van der Waals surface area (Å²) in [6, 6.07) is 2.11. The second-order valence-electron chi connectivity index (χ2n) is 0.687. The van der Waals surface area contributed by atoms with Crippen LogP contribution in [0.25, 0.3) is 5.01 Å². The van der Waals surface area contributed by atoms with Gasteiger partial charge in [0.05, 0.1) is 6.92 Å². The van der Waals surface area contributed by atoms with E-state index in [1.165, 1.54) is 13.1 Å². The quantitative estimate of drug-likeness (QED) is 0.287. The lowest BCUT2D eigenvalue weighted by atomic mass is 10.9. The van der Waals surface area contributed by atoms with Crippen molar-refractivity contribution in [3.63, 3.8) is 0 Å². The third-order valence-electron chi connectivity index (χ3n) is 0.205. The molecule has 0 unspecified atom stereocenters. The van der Waals surface area contributed by atoms with Gasteiger partial charge in [-0.2, -0.15) is 5.21 Å². The number of nitrogens with zero attached hydrogens (tertiary/aromatic N) is 2. The number of hydrogen-bond acceptors (Lipinski definition) is 2. The van der Waals surface area contributed by atoms with Crippen molar-refractivity contribution >= 4 is 6.21 Å². The first-order chi connectivity index (χ1) is 3.83. The van der Waals surface area contributed by atoms with Crippen LogP contribution in [0.4, 0.5) is 0 Å². The largest absolute Gasteiger partial charge is 0.346 e. The van der Waals surface area contributed by atoms with Crippen molar-refractivity contribution in [3.05, 3.63) is 9.92 Å². The molecule has 0 saturated heterocycles. The Morgan fingerprint density at radius 2 is 2.00 bits per heavy atom. The summed E-state index contributed by atoms with van der Waals surface area (Å²) in [5.74, 6) is 0. The molecule has 0 aliphatic rings. The van der Waals surface area contributed by atoms with Crippen LogP contribution in [0.15, 0.2) is 0 Å². The second kappa shape index (κ2) is 17.3. The molecule has 0 spiro atoms. The molecule has 0 rings (SSSR count). The highest BCUT2D eigenvalue weighted by Crippen LogP contribution is 1.41. The van der Waals surface area contributed by atoms with Gasteiger partial charge in [0.25, 0.3) is 0 Å². The standard InChI is InChI=1S/C2H4NO.C2H3NO/c2*1-2-3-4/h2H,1H3;1H3/q+1;/p+1. The van der Waals surface area contributed by atoms with E-state index in [9.17, 15) is 0 Å². The van der Waals surface area contributed by atoms with E-state index in [0.29, 0.717) is 0 Å². The van der Waals surface area contributed by atoms with Crippen molar-refractivity contribution in [1.29, 1.82) is 0 Å². The Morgan fingerprint density at radius 1 is 1.75 bits per heavy atom. The number of nitroso groups, excluding NO2 is 1. The van der Waals surface area contributed by atoms with E-state index in [1.54, 1.807) is 6.92 Å². The van der Waals surface area contributed by atoms with E-state index in [0.717, 1.165) is 0 Å². The fraction of sp³-hybridized carbons (Fsp3) is 0.500. The molecule has 44 valence electrons. The van der Waals surface area contributed by atoms with Gasteiger partial charge in [0.1, 0.15) is 0 Å². The molecule has 0 aromatic heterocycles. The number of rotatable bonds is 0. The molecule has 0 bridgehead atoms. The Kier molecular flexibility index (Phi) is 21.3. The zero-order valence-electron chi connectivity index (χ0n) is 4.83. The zero-order chi connectivity index (χ0) is 6.83. The summed E-state index contributed by atoms with van der Waals surface area (Å²) in [6.07, 6.45) is 1.19. The summed E-state index contributed by atoms with van der Waals surface area (Å²) in [4.78, 5) is 11.2. The summed E-state index contributed by atoms with van der Waals surface area (Å²) >= 11 is 0. The molecule has 8 heavy (non-hydrogen) atoms. The molecule has 0 fully saturated rings. The average molecular weight is 116 g/mol. The van der Waals surface area contributed by atoms with Crippen LogP contribution in [-0.2, 0) is 0 Å². The van der Waals surface area contributed by atoms with E-state index in [4.69, 9.17) is 10.1 Å². The molecular formula is C4H8N2O2+2. The lowest BCUT2D eigenvalue weighted by Crippen LogP contribution is -1.54. The Hall–Kier alpha value is -1.33. The highest BCUT2D eigenvalue weighted by Gasteiger charge is 1.53. The monoisotopic (exact) mass is 116 g/mol. The van der Waals surface area contributed by atoms with Gasteiger partial charge in [-0.1, -0.05) is 0 Å². The van der Waals surface area contributed by atoms with Crippen LogP contribution in [0.2, 0.25) is 0 Å². The molecule has 0 aromatic carbocycles. The second-order valence-corrected chi connectivity index (χ2v) is 0.687. The van der Waals surface area contributed by atoms with E-state index in [-0.39, 0.29) is 0 Å². The van der Waals surface area contributed by atoms with E-state index < -0.39 is 0 Å². The smallest absolute Gasteiger partial charge is 0.177 e. The van der Waals surface area contributed by atoms with Gasteiger partial charge >= 0.3 is 12.3 Å². The maximum Gasteiger partial charge on any atom is 0.346 e. The van der Waals surface area contributed by atoms with E-state index in [1.807, 2.05) is 0 Å². The molecule has 0 amide bonds. The highest BCUT2D eigenvalue weighted by atomic mass is 16.4.